The van der Waals surface area contributed by atoms with Crippen LogP contribution in [0.3, 0.4) is 0 Å². The van der Waals surface area contributed by atoms with Crippen LogP contribution in [0.1, 0.15) is 5.56 Å². The number of pyridine rings is 1. The zero-order valence-corrected chi connectivity index (χ0v) is 16.7. The number of rotatable bonds is 8. The number of halogens is 1. The minimum atomic E-state index is -3.55. The molecule has 8 nitrogen and oxygen atoms in total. The molecule has 3 aromatic rings. The van der Waals surface area contributed by atoms with Crippen LogP contribution in [0.15, 0.2) is 46.8 Å². The first kappa shape index (κ1) is 19.5. The number of aromatic nitrogens is 3. The molecule has 0 fully saturated rings. The third kappa shape index (κ3) is 5.60. The fourth-order valence-electron chi connectivity index (χ4n) is 2.12. The maximum Gasteiger partial charge on any atom is 0.250 e. The monoisotopic (exact) mass is 424 g/mol. The van der Waals surface area contributed by atoms with Gasteiger partial charge in [-0.2, -0.15) is 0 Å². The summed E-state index contributed by atoms with van der Waals surface area (Å²) < 4.78 is 27.3. The molecule has 142 valence electrons. The number of sulfonamides is 1. The second kappa shape index (κ2) is 8.61. The molecule has 0 unspecified atom stereocenters. The molecule has 0 aliphatic heterocycles. The maximum atomic E-state index is 12.1. The molecule has 11 heteroatoms. The summed E-state index contributed by atoms with van der Waals surface area (Å²) in [5.41, 5.74) is 1.09. The van der Waals surface area contributed by atoms with Gasteiger partial charge in [-0.1, -0.05) is 11.6 Å². The van der Waals surface area contributed by atoms with Gasteiger partial charge in [0.2, 0.25) is 10.0 Å². The van der Waals surface area contributed by atoms with Crippen LogP contribution in [0.5, 0.6) is 0 Å². The molecular formula is C16H17ClN6O2S2. The number of nitrogens with one attached hydrogen (secondary N) is 3. The van der Waals surface area contributed by atoms with Crippen molar-refractivity contribution in [3.05, 3.63) is 52.5 Å². The van der Waals surface area contributed by atoms with Crippen molar-refractivity contribution in [2.75, 3.05) is 23.7 Å². The fraction of sp³-hybridized carbons (Fsp3) is 0.188. The Morgan fingerprint density at radius 2 is 1.81 bits per heavy atom. The van der Waals surface area contributed by atoms with E-state index in [1.807, 2.05) is 19.1 Å². The smallest absolute Gasteiger partial charge is 0.250 e. The summed E-state index contributed by atoms with van der Waals surface area (Å²) in [7, 11) is -3.55. The molecule has 3 aromatic heterocycles. The second-order valence-electron chi connectivity index (χ2n) is 5.53. The molecule has 0 aliphatic carbocycles. The number of thiophene rings is 1. The molecule has 0 radical (unpaired) electrons. The summed E-state index contributed by atoms with van der Waals surface area (Å²) in [4.78, 5) is 4.20. The van der Waals surface area contributed by atoms with E-state index in [1.54, 1.807) is 24.4 Å². The Hall–Kier alpha value is -2.27. The predicted octanol–water partition coefficient (Wildman–Crippen LogP) is 3.03. The summed E-state index contributed by atoms with van der Waals surface area (Å²) in [5.74, 6) is 1.79. The summed E-state index contributed by atoms with van der Waals surface area (Å²) in [6.07, 6.45) is 1.71. The summed E-state index contributed by atoms with van der Waals surface area (Å²) >= 11 is 6.78. The third-order valence-electron chi connectivity index (χ3n) is 3.37. The molecule has 0 saturated heterocycles. The molecule has 0 bridgehead atoms. The first-order chi connectivity index (χ1) is 12.9. The van der Waals surface area contributed by atoms with Crippen LogP contribution >= 0.6 is 22.9 Å². The summed E-state index contributed by atoms with van der Waals surface area (Å²) in [5, 5.41) is 14.2. The average Bonchev–Trinajstić information content (AvgIpc) is 3.08. The van der Waals surface area contributed by atoms with Gasteiger partial charge in [0.15, 0.2) is 5.82 Å². The number of nitrogens with zero attached hydrogens (tertiary/aromatic N) is 3. The molecule has 3 heterocycles. The highest BCUT2D eigenvalue weighted by Gasteiger charge is 2.15. The molecule has 0 aromatic carbocycles. The van der Waals surface area contributed by atoms with Crippen molar-refractivity contribution in [2.24, 2.45) is 0 Å². The molecule has 0 atom stereocenters. The van der Waals surface area contributed by atoms with Gasteiger partial charge in [0.25, 0.3) is 0 Å². The van der Waals surface area contributed by atoms with Crippen LogP contribution in [0.2, 0.25) is 4.34 Å². The number of hydrogen-bond acceptors (Lipinski definition) is 8. The lowest BCUT2D eigenvalue weighted by molar-refractivity contribution is 0.585. The van der Waals surface area contributed by atoms with Gasteiger partial charge in [-0.15, -0.1) is 21.5 Å². The van der Waals surface area contributed by atoms with Crippen LogP contribution in [0, 0.1) is 6.92 Å². The zero-order valence-electron chi connectivity index (χ0n) is 14.3. The number of aryl methyl sites for hydroxylation is 1. The van der Waals surface area contributed by atoms with E-state index >= 15 is 0 Å². The summed E-state index contributed by atoms with van der Waals surface area (Å²) in [6, 6.07) is 10.3. The van der Waals surface area contributed by atoms with Crippen LogP contribution in [0.4, 0.5) is 17.5 Å². The minimum absolute atomic E-state index is 0.187. The highest BCUT2D eigenvalue weighted by atomic mass is 35.5. The highest BCUT2D eigenvalue weighted by Crippen LogP contribution is 2.25. The molecule has 0 saturated carbocycles. The Morgan fingerprint density at radius 1 is 1.04 bits per heavy atom. The largest absolute Gasteiger partial charge is 0.367 e. The average molecular weight is 425 g/mol. The van der Waals surface area contributed by atoms with E-state index in [9.17, 15) is 8.42 Å². The van der Waals surface area contributed by atoms with Gasteiger partial charge in [0.05, 0.1) is 4.34 Å². The van der Waals surface area contributed by atoms with Crippen molar-refractivity contribution in [1.29, 1.82) is 0 Å². The molecule has 3 N–H and O–H groups in total. The van der Waals surface area contributed by atoms with Gasteiger partial charge in [-0.3, -0.25) is 0 Å². The first-order valence-electron chi connectivity index (χ1n) is 7.95. The van der Waals surface area contributed by atoms with Gasteiger partial charge in [0.1, 0.15) is 15.8 Å². The van der Waals surface area contributed by atoms with Gasteiger partial charge in [0, 0.05) is 19.3 Å². The quantitative estimate of drug-likeness (QED) is 0.477. The van der Waals surface area contributed by atoms with Crippen molar-refractivity contribution >= 4 is 50.4 Å². The Bertz CT molecular complexity index is 1010. The van der Waals surface area contributed by atoms with Gasteiger partial charge < -0.3 is 10.6 Å². The number of anilines is 3. The Morgan fingerprint density at radius 3 is 2.48 bits per heavy atom. The molecule has 0 spiro atoms. The fourth-order valence-corrected chi connectivity index (χ4v) is 4.68. The molecular weight excluding hydrogens is 408 g/mol. The number of hydrogen-bond donors (Lipinski definition) is 3. The van der Waals surface area contributed by atoms with Crippen molar-refractivity contribution in [3.8, 4) is 0 Å². The van der Waals surface area contributed by atoms with Crippen molar-refractivity contribution in [3.63, 3.8) is 0 Å². The standard InChI is InChI=1S/C16H17ClN6O2S2/c1-11-6-7-18-15(10-11)21-14-4-3-13(22-23-14)19-8-9-20-27(24,25)16-5-2-12(17)26-16/h2-7,10,20H,8-9H2,1H3,(H,19,22)(H,18,21,23). The highest BCUT2D eigenvalue weighted by molar-refractivity contribution is 7.91. The molecule has 27 heavy (non-hydrogen) atoms. The van der Waals surface area contributed by atoms with Crippen molar-refractivity contribution in [1.82, 2.24) is 19.9 Å². The van der Waals surface area contributed by atoms with Gasteiger partial charge in [-0.25, -0.2) is 18.1 Å². The topological polar surface area (TPSA) is 109 Å². The van der Waals surface area contributed by atoms with Gasteiger partial charge in [-0.05, 0) is 48.9 Å². The lowest BCUT2D eigenvalue weighted by Gasteiger charge is -2.08. The van der Waals surface area contributed by atoms with Crippen molar-refractivity contribution in [2.45, 2.75) is 11.1 Å². The van der Waals surface area contributed by atoms with E-state index < -0.39 is 10.0 Å². The van der Waals surface area contributed by atoms with E-state index in [0.717, 1.165) is 16.9 Å². The van der Waals surface area contributed by atoms with E-state index in [4.69, 9.17) is 11.6 Å². The van der Waals surface area contributed by atoms with Crippen LogP contribution < -0.4 is 15.4 Å². The maximum absolute atomic E-state index is 12.1. The summed E-state index contributed by atoms with van der Waals surface area (Å²) in [6.45, 7) is 2.54. The van der Waals surface area contributed by atoms with Gasteiger partial charge >= 0.3 is 0 Å². The van der Waals surface area contributed by atoms with Crippen LogP contribution in [0.25, 0.3) is 0 Å². The zero-order chi connectivity index (χ0) is 19.3. The lowest BCUT2D eigenvalue weighted by Crippen LogP contribution is -2.28. The van der Waals surface area contributed by atoms with E-state index in [2.05, 4.69) is 30.5 Å². The van der Waals surface area contributed by atoms with E-state index in [1.165, 1.54) is 6.07 Å². The molecule has 3 rings (SSSR count). The Balaban J connectivity index is 1.47. The SMILES string of the molecule is Cc1ccnc(Nc2ccc(NCCNS(=O)(=O)c3ccc(Cl)s3)nn2)c1. The lowest BCUT2D eigenvalue weighted by atomic mass is 10.3. The van der Waals surface area contributed by atoms with Crippen LogP contribution in [-0.2, 0) is 10.0 Å². The van der Waals surface area contributed by atoms with E-state index in [-0.39, 0.29) is 10.8 Å². The van der Waals surface area contributed by atoms with Crippen LogP contribution in [-0.4, -0.2) is 36.7 Å². The Labute approximate surface area is 166 Å². The normalized spacial score (nSPS) is 11.3. The third-order valence-corrected chi connectivity index (χ3v) is 6.56. The first-order valence-corrected chi connectivity index (χ1v) is 10.6. The predicted molar refractivity (Wildman–Crippen MR) is 107 cm³/mol. The Kier molecular flexibility index (Phi) is 6.22. The minimum Gasteiger partial charge on any atom is -0.367 e. The molecule has 0 aliphatic rings. The van der Waals surface area contributed by atoms with E-state index in [0.29, 0.717) is 28.3 Å². The second-order valence-corrected chi connectivity index (χ2v) is 9.24. The van der Waals surface area contributed by atoms with Crippen molar-refractivity contribution < 1.29 is 8.42 Å². The molecule has 0 amide bonds.